The zero-order valence-electron chi connectivity index (χ0n) is 15.7. The van der Waals surface area contributed by atoms with E-state index in [1.165, 1.54) is 11.8 Å². The van der Waals surface area contributed by atoms with E-state index >= 15 is 0 Å². The highest BCUT2D eigenvalue weighted by molar-refractivity contribution is 9.10. The van der Waals surface area contributed by atoms with Gasteiger partial charge < -0.3 is 9.15 Å². The summed E-state index contributed by atoms with van der Waals surface area (Å²) in [5.74, 6) is 0.582. The van der Waals surface area contributed by atoms with Gasteiger partial charge in [-0.25, -0.2) is 8.42 Å². The third-order valence-corrected chi connectivity index (χ3v) is 7.61. The van der Waals surface area contributed by atoms with Crippen LogP contribution in [0.25, 0.3) is 11.6 Å². The predicted octanol–water partition coefficient (Wildman–Crippen LogP) is 3.17. The maximum atomic E-state index is 12.2. The van der Waals surface area contributed by atoms with Crippen molar-refractivity contribution in [3.63, 3.8) is 0 Å². The minimum absolute atomic E-state index is 0.00528. The summed E-state index contributed by atoms with van der Waals surface area (Å²) in [6.07, 6.45) is -0.221. The molecule has 3 aromatic rings. The molecule has 1 aliphatic heterocycles. The summed E-state index contributed by atoms with van der Waals surface area (Å²) < 4.78 is 36.4. The van der Waals surface area contributed by atoms with Crippen LogP contribution in [0.2, 0.25) is 0 Å². The molecule has 1 atom stereocenters. The van der Waals surface area contributed by atoms with Gasteiger partial charge in [-0.15, -0.1) is 10.2 Å². The molecule has 2 aromatic heterocycles. The Balaban J connectivity index is 1.49. The fourth-order valence-electron chi connectivity index (χ4n) is 3.12. The van der Waals surface area contributed by atoms with Crippen LogP contribution in [-0.2, 0) is 25.9 Å². The second-order valence-corrected chi connectivity index (χ2v) is 10.7. The highest BCUT2D eigenvalue weighted by Gasteiger charge is 2.30. The first-order valence-electron chi connectivity index (χ1n) is 9.15. The Morgan fingerprint density at radius 3 is 2.70 bits per heavy atom. The lowest BCUT2D eigenvalue weighted by Gasteiger charge is -2.11. The highest BCUT2D eigenvalue weighted by atomic mass is 79.9. The van der Waals surface area contributed by atoms with E-state index in [1.807, 2.05) is 34.9 Å². The number of furan rings is 1. The number of benzene rings is 1. The molecule has 1 fully saturated rings. The molecular weight excluding hydrogens is 494 g/mol. The zero-order valence-corrected chi connectivity index (χ0v) is 19.0. The molecule has 0 radical (unpaired) electrons. The number of carbonyl (C=O) groups is 1. The number of ether oxygens (including phenoxy) is 1. The quantitative estimate of drug-likeness (QED) is 0.351. The lowest BCUT2D eigenvalue weighted by molar-refractivity contribution is -0.144. The van der Waals surface area contributed by atoms with Crippen molar-refractivity contribution in [3.05, 3.63) is 52.7 Å². The summed E-state index contributed by atoms with van der Waals surface area (Å²) in [5, 5.41) is 9.00. The zero-order chi connectivity index (χ0) is 21.1. The fourth-order valence-corrected chi connectivity index (χ4v) is 5.73. The second-order valence-electron chi connectivity index (χ2n) is 6.79. The molecule has 0 spiro atoms. The van der Waals surface area contributed by atoms with Crippen LogP contribution < -0.4 is 0 Å². The van der Waals surface area contributed by atoms with Crippen molar-refractivity contribution in [2.75, 3.05) is 17.3 Å². The molecular formula is C19H18BrN3O5S2. The fraction of sp³-hybridized carbons (Fsp3) is 0.316. The van der Waals surface area contributed by atoms with Gasteiger partial charge in [0.1, 0.15) is 6.10 Å². The largest absolute Gasteiger partial charge is 0.461 e. The lowest BCUT2D eigenvalue weighted by atomic mass is 10.2. The van der Waals surface area contributed by atoms with E-state index < -0.39 is 21.9 Å². The minimum Gasteiger partial charge on any atom is -0.461 e. The van der Waals surface area contributed by atoms with E-state index in [-0.39, 0.29) is 17.3 Å². The molecule has 0 aliphatic carbocycles. The molecule has 158 valence electrons. The summed E-state index contributed by atoms with van der Waals surface area (Å²) in [5.41, 5.74) is 1.05. The summed E-state index contributed by atoms with van der Waals surface area (Å²) in [6, 6.07) is 13.4. The number of rotatable bonds is 7. The van der Waals surface area contributed by atoms with Gasteiger partial charge in [-0.1, -0.05) is 42.1 Å². The van der Waals surface area contributed by atoms with Crippen molar-refractivity contribution in [1.29, 1.82) is 0 Å². The molecule has 1 unspecified atom stereocenters. The van der Waals surface area contributed by atoms with Gasteiger partial charge in [0, 0.05) is 0 Å². The molecule has 8 nitrogen and oxygen atoms in total. The number of thioether (sulfide) groups is 1. The first kappa shape index (κ1) is 21.1. The molecule has 0 N–H and O–H groups in total. The topological polar surface area (TPSA) is 104 Å². The van der Waals surface area contributed by atoms with Gasteiger partial charge in [0.2, 0.25) is 5.82 Å². The molecule has 4 rings (SSSR count). The van der Waals surface area contributed by atoms with Crippen molar-refractivity contribution in [1.82, 2.24) is 14.8 Å². The molecule has 30 heavy (non-hydrogen) atoms. The summed E-state index contributed by atoms with van der Waals surface area (Å²) in [7, 11) is -3.10. The van der Waals surface area contributed by atoms with E-state index in [4.69, 9.17) is 9.15 Å². The average molecular weight is 512 g/mol. The molecule has 1 aromatic carbocycles. The third-order valence-electron chi connectivity index (χ3n) is 4.50. The van der Waals surface area contributed by atoms with Crippen molar-refractivity contribution >= 4 is 43.5 Å². The van der Waals surface area contributed by atoms with Gasteiger partial charge in [-0.2, -0.15) is 0 Å². The molecule has 11 heteroatoms. The van der Waals surface area contributed by atoms with Crippen LogP contribution in [0, 0.1) is 0 Å². The van der Waals surface area contributed by atoms with Gasteiger partial charge in [0.05, 0.1) is 23.8 Å². The monoisotopic (exact) mass is 511 g/mol. The van der Waals surface area contributed by atoms with Gasteiger partial charge in [0.15, 0.2) is 25.4 Å². The van der Waals surface area contributed by atoms with Crippen molar-refractivity contribution in [2.24, 2.45) is 0 Å². The highest BCUT2D eigenvalue weighted by Crippen LogP contribution is 2.28. The molecule has 3 heterocycles. The van der Waals surface area contributed by atoms with Crippen LogP contribution in [0.5, 0.6) is 0 Å². The number of sulfone groups is 1. The molecule has 1 saturated heterocycles. The Morgan fingerprint density at radius 1 is 1.23 bits per heavy atom. The van der Waals surface area contributed by atoms with Crippen molar-refractivity contribution in [2.45, 2.75) is 24.2 Å². The van der Waals surface area contributed by atoms with Gasteiger partial charge in [-0.05, 0) is 40.0 Å². The Bertz CT molecular complexity index is 1140. The molecule has 0 amide bonds. The van der Waals surface area contributed by atoms with Gasteiger partial charge in [-0.3, -0.25) is 9.36 Å². The van der Waals surface area contributed by atoms with E-state index in [2.05, 4.69) is 26.1 Å². The second kappa shape index (κ2) is 8.94. The average Bonchev–Trinajstić information content (AvgIpc) is 3.40. The van der Waals surface area contributed by atoms with Crippen LogP contribution >= 0.6 is 27.7 Å². The number of aromatic nitrogens is 3. The SMILES string of the molecule is O=C(CSc1nnc(-c2ccc(Br)o2)n1Cc1ccccc1)OC1CCS(=O)(=O)C1. The number of carbonyl (C=O) groups excluding carboxylic acids is 1. The van der Waals surface area contributed by atoms with Crippen molar-refractivity contribution in [3.8, 4) is 11.6 Å². The van der Waals surface area contributed by atoms with E-state index in [1.54, 1.807) is 12.1 Å². The first-order chi connectivity index (χ1) is 14.4. The van der Waals surface area contributed by atoms with Gasteiger partial charge >= 0.3 is 5.97 Å². The lowest BCUT2D eigenvalue weighted by Crippen LogP contribution is -2.20. The maximum Gasteiger partial charge on any atom is 0.316 e. The molecule has 0 saturated carbocycles. The molecule has 1 aliphatic rings. The van der Waals surface area contributed by atoms with Crippen LogP contribution in [0.15, 0.2) is 56.7 Å². The number of esters is 1. The van der Waals surface area contributed by atoms with Crippen LogP contribution in [0.4, 0.5) is 0 Å². The Kier molecular flexibility index (Phi) is 6.30. The van der Waals surface area contributed by atoms with E-state index in [0.29, 0.717) is 34.4 Å². The third kappa shape index (κ3) is 5.13. The van der Waals surface area contributed by atoms with Crippen LogP contribution in [-0.4, -0.2) is 52.5 Å². The smallest absolute Gasteiger partial charge is 0.316 e. The maximum absolute atomic E-state index is 12.2. The normalized spacial score (nSPS) is 17.8. The first-order valence-corrected chi connectivity index (χ1v) is 12.8. The number of hydrogen-bond acceptors (Lipinski definition) is 8. The Labute approximate surface area is 186 Å². The van der Waals surface area contributed by atoms with Crippen LogP contribution in [0.3, 0.4) is 0 Å². The number of nitrogens with zero attached hydrogens (tertiary/aromatic N) is 3. The number of halogens is 1. The van der Waals surface area contributed by atoms with E-state index in [0.717, 1.165) is 5.56 Å². The minimum atomic E-state index is -3.10. The summed E-state index contributed by atoms with van der Waals surface area (Å²) in [6.45, 7) is 0.500. The number of hydrogen-bond donors (Lipinski definition) is 0. The van der Waals surface area contributed by atoms with Gasteiger partial charge in [0.25, 0.3) is 0 Å². The Hall–Kier alpha value is -2.11. The Morgan fingerprint density at radius 2 is 2.03 bits per heavy atom. The summed E-state index contributed by atoms with van der Waals surface area (Å²) >= 11 is 4.49. The van der Waals surface area contributed by atoms with Crippen LogP contribution in [0.1, 0.15) is 12.0 Å². The molecule has 0 bridgehead atoms. The predicted molar refractivity (Wildman–Crippen MR) is 115 cm³/mol. The van der Waals surface area contributed by atoms with Crippen molar-refractivity contribution < 1.29 is 22.4 Å². The standard InChI is InChI=1S/C19H18BrN3O5S2/c20-16-7-6-15(28-16)18-21-22-19(23(18)10-13-4-2-1-3-5-13)29-11-17(24)27-14-8-9-30(25,26)12-14/h1-7,14H,8-12H2. The van der Waals surface area contributed by atoms with E-state index in [9.17, 15) is 13.2 Å². The summed E-state index contributed by atoms with van der Waals surface area (Å²) in [4.78, 5) is 12.2.